The number of hydrogen-bond acceptors (Lipinski definition) is 3. The smallest absolute Gasteiger partial charge is 0.325 e. The number of urea groups is 1. The molecule has 3 rings (SSSR count). The normalized spacial score (nSPS) is 19.3. The number of benzene rings is 2. The Hall–Kier alpha value is -3.22. The molecule has 2 aromatic rings. The van der Waals surface area contributed by atoms with E-state index in [1.165, 1.54) is 24.3 Å². The van der Waals surface area contributed by atoms with Crippen molar-refractivity contribution in [3.05, 3.63) is 71.5 Å². The standard InChI is InChI=1S/C24H28FN3O3/c1-3-4-14-24(19-10-12-20(25)13-11-19)22(30)28(23(31)27-24)16-21(29)26-15-17(2)18-8-6-5-7-9-18/h5-13,17H,3-4,14-16H2,1-2H3,(H,26,29)(H,27,31)/t17-,24-/m0/s1. The topological polar surface area (TPSA) is 78.5 Å². The van der Waals surface area contributed by atoms with E-state index in [4.69, 9.17) is 0 Å². The van der Waals surface area contributed by atoms with Crippen LogP contribution in [0.5, 0.6) is 0 Å². The predicted molar refractivity (Wildman–Crippen MR) is 116 cm³/mol. The number of carbonyl (C=O) groups is 3. The van der Waals surface area contributed by atoms with Gasteiger partial charge in [-0.2, -0.15) is 0 Å². The monoisotopic (exact) mass is 425 g/mol. The average molecular weight is 426 g/mol. The van der Waals surface area contributed by atoms with E-state index in [9.17, 15) is 18.8 Å². The second-order valence-corrected chi connectivity index (χ2v) is 7.95. The molecule has 0 saturated carbocycles. The van der Waals surface area contributed by atoms with E-state index in [-0.39, 0.29) is 12.5 Å². The Morgan fingerprint density at radius 3 is 2.45 bits per heavy atom. The van der Waals surface area contributed by atoms with Gasteiger partial charge in [0.25, 0.3) is 5.91 Å². The lowest BCUT2D eigenvalue weighted by molar-refractivity contribution is -0.135. The number of carbonyl (C=O) groups excluding carboxylic acids is 3. The highest BCUT2D eigenvalue weighted by atomic mass is 19.1. The SMILES string of the molecule is CCCC[C@@]1(c2ccc(F)cc2)NC(=O)N(CC(=O)NC[C@H](C)c2ccccc2)C1=O. The zero-order chi connectivity index (χ0) is 22.4. The Morgan fingerprint density at radius 1 is 1.13 bits per heavy atom. The maximum Gasteiger partial charge on any atom is 0.325 e. The molecule has 1 aliphatic heterocycles. The second kappa shape index (κ2) is 9.73. The summed E-state index contributed by atoms with van der Waals surface area (Å²) < 4.78 is 13.4. The maximum absolute atomic E-state index is 13.4. The van der Waals surface area contributed by atoms with Crippen molar-refractivity contribution in [1.82, 2.24) is 15.5 Å². The van der Waals surface area contributed by atoms with Gasteiger partial charge in [-0.1, -0.05) is 69.2 Å². The molecule has 6 nitrogen and oxygen atoms in total. The summed E-state index contributed by atoms with van der Waals surface area (Å²) >= 11 is 0. The van der Waals surface area contributed by atoms with Crippen molar-refractivity contribution in [2.24, 2.45) is 0 Å². The van der Waals surface area contributed by atoms with Crippen molar-refractivity contribution in [3.8, 4) is 0 Å². The molecule has 1 saturated heterocycles. The van der Waals surface area contributed by atoms with Crippen LogP contribution in [-0.2, 0) is 15.1 Å². The van der Waals surface area contributed by atoms with E-state index in [1.54, 1.807) is 0 Å². The summed E-state index contributed by atoms with van der Waals surface area (Å²) in [6.45, 7) is 4.01. The fourth-order valence-corrected chi connectivity index (χ4v) is 3.82. The number of nitrogens with one attached hydrogen (secondary N) is 2. The number of unbranched alkanes of at least 4 members (excludes halogenated alkanes) is 1. The summed E-state index contributed by atoms with van der Waals surface area (Å²) in [6, 6.07) is 14.7. The van der Waals surface area contributed by atoms with Crippen molar-refractivity contribution < 1.29 is 18.8 Å². The molecule has 2 atom stereocenters. The third kappa shape index (κ3) is 4.93. The Kier molecular flexibility index (Phi) is 7.05. The highest BCUT2D eigenvalue weighted by Gasteiger charge is 2.52. The third-order valence-electron chi connectivity index (χ3n) is 5.69. The fraction of sp³-hybridized carbons (Fsp3) is 0.375. The van der Waals surface area contributed by atoms with Crippen LogP contribution in [0.4, 0.5) is 9.18 Å². The lowest BCUT2D eigenvalue weighted by Gasteiger charge is -2.27. The van der Waals surface area contributed by atoms with Gasteiger partial charge in [-0.25, -0.2) is 9.18 Å². The van der Waals surface area contributed by atoms with Gasteiger partial charge in [-0.15, -0.1) is 0 Å². The van der Waals surface area contributed by atoms with Gasteiger partial charge in [-0.3, -0.25) is 14.5 Å². The quantitative estimate of drug-likeness (QED) is 0.602. The van der Waals surface area contributed by atoms with E-state index in [0.29, 0.717) is 24.9 Å². The molecule has 0 bridgehead atoms. The van der Waals surface area contributed by atoms with Crippen LogP contribution in [0.1, 0.15) is 50.2 Å². The number of nitrogens with zero attached hydrogens (tertiary/aromatic N) is 1. The molecule has 4 amide bonds. The summed E-state index contributed by atoms with van der Waals surface area (Å²) in [7, 11) is 0. The zero-order valence-electron chi connectivity index (χ0n) is 17.9. The lowest BCUT2D eigenvalue weighted by Crippen LogP contribution is -2.45. The minimum Gasteiger partial charge on any atom is -0.354 e. The van der Waals surface area contributed by atoms with Gasteiger partial charge in [0, 0.05) is 6.54 Å². The summed E-state index contributed by atoms with van der Waals surface area (Å²) in [5.74, 6) is -1.22. The Balaban J connectivity index is 1.70. The number of halogens is 1. The number of hydrogen-bond donors (Lipinski definition) is 2. The van der Waals surface area contributed by atoms with Crippen LogP contribution in [0.2, 0.25) is 0 Å². The Bertz CT molecular complexity index is 933. The molecule has 1 aliphatic rings. The van der Waals surface area contributed by atoms with Crippen LogP contribution in [0.15, 0.2) is 54.6 Å². The summed E-state index contributed by atoms with van der Waals surface area (Å²) in [4.78, 5) is 39.4. The van der Waals surface area contributed by atoms with Crippen LogP contribution in [0, 0.1) is 5.82 Å². The second-order valence-electron chi connectivity index (χ2n) is 7.95. The Labute approximate surface area is 181 Å². The van der Waals surface area contributed by atoms with Crippen molar-refractivity contribution in [3.63, 3.8) is 0 Å². The van der Waals surface area contributed by atoms with E-state index in [2.05, 4.69) is 10.6 Å². The molecule has 31 heavy (non-hydrogen) atoms. The summed E-state index contributed by atoms with van der Waals surface area (Å²) in [6.07, 6.45) is 1.89. The van der Waals surface area contributed by atoms with Gasteiger partial charge in [0.05, 0.1) is 0 Å². The summed E-state index contributed by atoms with van der Waals surface area (Å²) in [5.41, 5.74) is 0.326. The number of rotatable bonds is 9. The first-order chi connectivity index (χ1) is 14.9. The van der Waals surface area contributed by atoms with Gasteiger partial charge in [0.15, 0.2) is 0 Å². The Morgan fingerprint density at radius 2 is 1.81 bits per heavy atom. The van der Waals surface area contributed by atoms with E-state index in [0.717, 1.165) is 16.9 Å². The third-order valence-corrected chi connectivity index (χ3v) is 5.69. The van der Waals surface area contributed by atoms with Crippen molar-refractivity contribution >= 4 is 17.8 Å². The molecule has 1 fully saturated rings. The highest BCUT2D eigenvalue weighted by molar-refractivity contribution is 6.09. The van der Waals surface area contributed by atoms with Gasteiger partial charge < -0.3 is 10.6 Å². The molecule has 1 heterocycles. The molecule has 2 aromatic carbocycles. The van der Waals surface area contributed by atoms with Crippen LogP contribution < -0.4 is 10.6 Å². The highest BCUT2D eigenvalue weighted by Crippen LogP contribution is 2.34. The van der Waals surface area contributed by atoms with Crippen LogP contribution in [0.3, 0.4) is 0 Å². The first kappa shape index (κ1) is 22.5. The first-order valence-electron chi connectivity index (χ1n) is 10.6. The van der Waals surface area contributed by atoms with Crippen molar-refractivity contribution in [2.45, 2.75) is 44.6 Å². The fourth-order valence-electron chi connectivity index (χ4n) is 3.82. The first-order valence-corrected chi connectivity index (χ1v) is 10.6. The van der Waals surface area contributed by atoms with E-state index in [1.807, 2.05) is 44.2 Å². The average Bonchev–Trinajstić information content (AvgIpc) is 3.02. The summed E-state index contributed by atoms with van der Waals surface area (Å²) in [5, 5.41) is 5.57. The molecular weight excluding hydrogens is 397 g/mol. The molecule has 7 heteroatoms. The molecular formula is C24H28FN3O3. The van der Waals surface area contributed by atoms with Gasteiger partial charge in [0.2, 0.25) is 5.91 Å². The van der Waals surface area contributed by atoms with Crippen LogP contribution >= 0.6 is 0 Å². The van der Waals surface area contributed by atoms with Gasteiger partial charge >= 0.3 is 6.03 Å². The largest absolute Gasteiger partial charge is 0.354 e. The molecule has 0 spiro atoms. The molecule has 0 radical (unpaired) electrons. The van der Waals surface area contributed by atoms with Crippen molar-refractivity contribution in [2.75, 3.05) is 13.1 Å². The minimum atomic E-state index is -1.28. The van der Waals surface area contributed by atoms with Crippen LogP contribution in [0.25, 0.3) is 0 Å². The van der Waals surface area contributed by atoms with Crippen molar-refractivity contribution in [1.29, 1.82) is 0 Å². The van der Waals surface area contributed by atoms with Gasteiger partial charge in [-0.05, 0) is 35.6 Å². The number of amides is 4. The molecule has 0 unspecified atom stereocenters. The molecule has 164 valence electrons. The molecule has 0 aromatic heterocycles. The van der Waals surface area contributed by atoms with E-state index >= 15 is 0 Å². The van der Waals surface area contributed by atoms with Crippen LogP contribution in [-0.4, -0.2) is 35.8 Å². The molecule has 0 aliphatic carbocycles. The molecule has 2 N–H and O–H groups in total. The van der Waals surface area contributed by atoms with Gasteiger partial charge in [0.1, 0.15) is 17.9 Å². The maximum atomic E-state index is 13.4. The predicted octanol–water partition coefficient (Wildman–Crippen LogP) is 3.68. The lowest BCUT2D eigenvalue weighted by atomic mass is 9.85. The zero-order valence-corrected chi connectivity index (χ0v) is 17.9. The number of imide groups is 1. The minimum absolute atomic E-state index is 0.0936. The van der Waals surface area contributed by atoms with E-state index < -0.39 is 29.2 Å².